The summed E-state index contributed by atoms with van der Waals surface area (Å²) in [4.78, 5) is 7.97. The second-order valence-electron chi connectivity index (χ2n) is 3.21. The lowest BCUT2D eigenvalue weighted by molar-refractivity contribution is 0.363. The third kappa shape index (κ3) is 3.69. The standard InChI is InChI=1S/C13H16N2O/c1-4-5-16-13-7-11(9-14-2)6-12(8-13)10-15-3/h4,6-10H,1,5H2,2-3H3/b14-9+,15-10+. The Hall–Kier alpha value is -1.90. The molecule has 0 spiro atoms. The smallest absolute Gasteiger partial charge is 0.121 e. The molecule has 3 heteroatoms. The van der Waals surface area contributed by atoms with Gasteiger partial charge in [-0.2, -0.15) is 0 Å². The Labute approximate surface area is 96.2 Å². The zero-order valence-electron chi connectivity index (χ0n) is 9.68. The first kappa shape index (κ1) is 12.2. The highest BCUT2D eigenvalue weighted by atomic mass is 16.5. The van der Waals surface area contributed by atoms with Crippen LogP contribution in [0.25, 0.3) is 0 Å². The molecule has 1 aromatic rings. The predicted octanol–water partition coefficient (Wildman–Crippen LogP) is 2.35. The molecular weight excluding hydrogens is 200 g/mol. The lowest BCUT2D eigenvalue weighted by atomic mass is 10.1. The van der Waals surface area contributed by atoms with Crippen LogP contribution in [0.2, 0.25) is 0 Å². The molecule has 0 bridgehead atoms. The maximum absolute atomic E-state index is 5.49. The Morgan fingerprint density at radius 1 is 1.12 bits per heavy atom. The molecule has 16 heavy (non-hydrogen) atoms. The highest BCUT2D eigenvalue weighted by Crippen LogP contribution is 2.15. The lowest BCUT2D eigenvalue weighted by Gasteiger charge is -2.05. The summed E-state index contributed by atoms with van der Waals surface area (Å²) in [5.74, 6) is 0.798. The monoisotopic (exact) mass is 216 g/mol. The van der Waals surface area contributed by atoms with Crippen LogP contribution in [0, 0.1) is 0 Å². The highest BCUT2D eigenvalue weighted by molar-refractivity contribution is 5.87. The minimum atomic E-state index is 0.495. The van der Waals surface area contributed by atoms with Crippen molar-refractivity contribution in [3.05, 3.63) is 42.0 Å². The van der Waals surface area contributed by atoms with E-state index in [0.29, 0.717) is 6.61 Å². The van der Waals surface area contributed by atoms with Gasteiger partial charge in [0, 0.05) is 26.5 Å². The van der Waals surface area contributed by atoms with Gasteiger partial charge in [0.1, 0.15) is 12.4 Å². The zero-order chi connectivity index (χ0) is 11.8. The van der Waals surface area contributed by atoms with Crippen molar-refractivity contribution in [1.29, 1.82) is 0 Å². The summed E-state index contributed by atoms with van der Waals surface area (Å²) in [6.07, 6.45) is 5.29. The van der Waals surface area contributed by atoms with Gasteiger partial charge < -0.3 is 4.74 Å². The van der Waals surface area contributed by atoms with Gasteiger partial charge in [-0.1, -0.05) is 12.7 Å². The molecule has 0 heterocycles. The van der Waals surface area contributed by atoms with Crippen molar-refractivity contribution in [3.63, 3.8) is 0 Å². The molecule has 3 nitrogen and oxygen atoms in total. The van der Waals surface area contributed by atoms with Gasteiger partial charge in [-0.05, 0) is 29.3 Å². The Morgan fingerprint density at radius 3 is 2.12 bits per heavy atom. The number of hydrogen-bond donors (Lipinski definition) is 0. The SMILES string of the molecule is C=CCOc1cc(/C=N/C)cc(/C=N/C)c1. The largest absolute Gasteiger partial charge is 0.490 e. The van der Waals surface area contributed by atoms with Gasteiger partial charge in [0.2, 0.25) is 0 Å². The van der Waals surface area contributed by atoms with E-state index in [1.807, 2.05) is 18.2 Å². The van der Waals surface area contributed by atoms with Crippen LogP contribution in [0.15, 0.2) is 40.8 Å². The van der Waals surface area contributed by atoms with E-state index in [0.717, 1.165) is 16.9 Å². The Morgan fingerprint density at radius 2 is 1.69 bits per heavy atom. The second kappa shape index (κ2) is 6.56. The first-order valence-electron chi connectivity index (χ1n) is 5.03. The minimum absolute atomic E-state index is 0.495. The molecule has 0 radical (unpaired) electrons. The quantitative estimate of drug-likeness (QED) is 0.549. The molecule has 0 amide bonds. The molecule has 0 fully saturated rings. The fourth-order valence-electron chi connectivity index (χ4n) is 1.33. The number of ether oxygens (including phenoxy) is 1. The Bertz CT molecular complexity index is 378. The van der Waals surface area contributed by atoms with Gasteiger partial charge in [-0.25, -0.2) is 0 Å². The van der Waals surface area contributed by atoms with Crippen molar-refractivity contribution in [1.82, 2.24) is 0 Å². The molecule has 0 aliphatic carbocycles. The normalized spacial score (nSPS) is 11.1. The minimum Gasteiger partial charge on any atom is -0.490 e. The molecule has 1 rings (SSSR count). The maximum atomic E-state index is 5.49. The van der Waals surface area contributed by atoms with Crippen LogP contribution in [-0.4, -0.2) is 33.1 Å². The molecular formula is C13H16N2O. The van der Waals surface area contributed by atoms with Crippen molar-refractivity contribution in [2.24, 2.45) is 9.98 Å². The molecule has 0 unspecified atom stereocenters. The molecule has 84 valence electrons. The van der Waals surface area contributed by atoms with Crippen LogP contribution in [0.3, 0.4) is 0 Å². The lowest BCUT2D eigenvalue weighted by Crippen LogP contribution is -1.96. The molecule has 0 saturated heterocycles. The Kier molecular flexibility index (Phi) is 4.99. The molecule has 0 saturated carbocycles. The summed E-state index contributed by atoms with van der Waals surface area (Å²) in [6, 6.07) is 5.87. The average molecular weight is 216 g/mol. The van der Waals surface area contributed by atoms with Crippen LogP contribution in [0.4, 0.5) is 0 Å². The van der Waals surface area contributed by atoms with Crippen LogP contribution in [-0.2, 0) is 0 Å². The fourth-order valence-corrected chi connectivity index (χ4v) is 1.33. The van der Waals surface area contributed by atoms with Crippen molar-refractivity contribution in [2.75, 3.05) is 20.7 Å². The first-order chi connectivity index (χ1) is 7.80. The molecule has 0 aliphatic rings. The zero-order valence-corrected chi connectivity index (χ0v) is 9.68. The van der Waals surface area contributed by atoms with E-state index < -0.39 is 0 Å². The predicted molar refractivity (Wildman–Crippen MR) is 69.2 cm³/mol. The molecule has 1 aromatic carbocycles. The van der Waals surface area contributed by atoms with Crippen LogP contribution in [0.5, 0.6) is 5.75 Å². The number of rotatable bonds is 5. The van der Waals surface area contributed by atoms with E-state index >= 15 is 0 Å². The highest BCUT2D eigenvalue weighted by Gasteiger charge is 1.98. The van der Waals surface area contributed by atoms with Crippen LogP contribution < -0.4 is 4.74 Å². The van der Waals surface area contributed by atoms with Crippen LogP contribution >= 0.6 is 0 Å². The van der Waals surface area contributed by atoms with Crippen molar-refractivity contribution < 1.29 is 4.74 Å². The van der Waals surface area contributed by atoms with E-state index in [9.17, 15) is 0 Å². The van der Waals surface area contributed by atoms with Gasteiger partial charge in [-0.3, -0.25) is 9.98 Å². The second-order valence-corrected chi connectivity index (χ2v) is 3.21. The van der Waals surface area contributed by atoms with Gasteiger partial charge in [0.05, 0.1) is 0 Å². The molecule has 0 aromatic heterocycles. The summed E-state index contributed by atoms with van der Waals surface area (Å²) in [5.41, 5.74) is 2.00. The molecule has 0 N–H and O–H groups in total. The summed E-state index contributed by atoms with van der Waals surface area (Å²) in [6.45, 7) is 4.11. The van der Waals surface area contributed by atoms with E-state index in [1.54, 1.807) is 32.6 Å². The number of aliphatic imine (C=N–C) groups is 2. The number of nitrogens with zero attached hydrogens (tertiary/aromatic N) is 2. The summed E-state index contributed by atoms with van der Waals surface area (Å²) >= 11 is 0. The fraction of sp³-hybridized carbons (Fsp3) is 0.231. The van der Waals surface area contributed by atoms with Gasteiger partial charge >= 0.3 is 0 Å². The molecule has 0 atom stereocenters. The van der Waals surface area contributed by atoms with E-state index in [4.69, 9.17) is 4.74 Å². The molecule has 0 aliphatic heterocycles. The van der Waals surface area contributed by atoms with E-state index in [-0.39, 0.29) is 0 Å². The topological polar surface area (TPSA) is 34.0 Å². The van der Waals surface area contributed by atoms with Crippen molar-refractivity contribution in [3.8, 4) is 5.75 Å². The Balaban J connectivity index is 3.02. The third-order valence-electron chi connectivity index (χ3n) is 1.88. The maximum Gasteiger partial charge on any atom is 0.121 e. The van der Waals surface area contributed by atoms with Gasteiger partial charge in [-0.15, -0.1) is 0 Å². The van der Waals surface area contributed by atoms with Crippen molar-refractivity contribution in [2.45, 2.75) is 0 Å². The van der Waals surface area contributed by atoms with Crippen molar-refractivity contribution >= 4 is 12.4 Å². The first-order valence-corrected chi connectivity index (χ1v) is 5.03. The van der Waals surface area contributed by atoms with E-state index in [1.165, 1.54) is 0 Å². The number of benzene rings is 1. The van der Waals surface area contributed by atoms with Gasteiger partial charge in [0.15, 0.2) is 0 Å². The summed E-state index contributed by atoms with van der Waals surface area (Å²) < 4.78 is 5.49. The average Bonchev–Trinajstić information content (AvgIpc) is 2.27. The summed E-state index contributed by atoms with van der Waals surface area (Å²) in [7, 11) is 3.48. The number of hydrogen-bond acceptors (Lipinski definition) is 3. The van der Waals surface area contributed by atoms with Gasteiger partial charge in [0.25, 0.3) is 0 Å². The third-order valence-corrected chi connectivity index (χ3v) is 1.88. The van der Waals surface area contributed by atoms with E-state index in [2.05, 4.69) is 16.6 Å². The van der Waals surface area contributed by atoms with Crippen LogP contribution in [0.1, 0.15) is 11.1 Å². The summed E-state index contributed by atoms with van der Waals surface area (Å²) in [5, 5.41) is 0.